The zero-order valence-electron chi connectivity index (χ0n) is 13.0. The highest BCUT2D eigenvalue weighted by Gasteiger charge is 2.29. The Bertz CT molecular complexity index is 708. The maximum absolute atomic E-state index is 11.2. The van der Waals surface area contributed by atoms with Crippen molar-refractivity contribution in [3.8, 4) is 0 Å². The second-order valence-corrected chi connectivity index (χ2v) is 6.78. The summed E-state index contributed by atoms with van der Waals surface area (Å²) in [4.78, 5) is 15.2. The average molecular weight is 356 g/mol. The molecule has 124 valence electrons. The van der Waals surface area contributed by atoms with Gasteiger partial charge in [-0.25, -0.2) is 4.98 Å². The van der Waals surface area contributed by atoms with Crippen LogP contribution in [0.1, 0.15) is 42.4 Å². The Hall–Kier alpha value is -1.56. The fourth-order valence-electron chi connectivity index (χ4n) is 2.54. The summed E-state index contributed by atoms with van der Waals surface area (Å²) < 4.78 is 1.71. The molecule has 0 spiro atoms. The highest BCUT2D eigenvalue weighted by molar-refractivity contribution is 6.42. The zero-order chi connectivity index (χ0) is 17.2. The lowest BCUT2D eigenvalue weighted by Gasteiger charge is -2.30. The molecule has 1 amide bonds. The molecule has 0 radical (unpaired) electrons. The zero-order valence-corrected chi connectivity index (χ0v) is 14.5. The maximum Gasteiger partial charge on any atom is 0.268 e. The number of rotatable bonds is 6. The number of hydrogen-bond donors (Lipinski definition) is 2. The number of imidazole rings is 1. The van der Waals surface area contributed by atoms with Crippen molar-refractivity contribution in [3.05, 3.63) is 52.0 Å². The number of carbonyl (C=O) groups is 1. The van der Waals surface area contributed by atoms with E-state index >= 15 is 0 Å². The molecule has 0 saturated carbocycles. The largest absolute Gasteiger partial charge is 0.388 e. The summed E-state index contributed by atoms with van der Waals surface area (Å²) >= 11 is 12.2. The summed E-state index contributed by atoms with van der Waals surface area (Å²) in [7, 11) is 0. The molecule has 23 heavy (non-hydrogen) atoms. The molecule has 5 nitrogen and oxygen atoms in total. The van der Waals surface area contributed by atoms with E-state index in [2.05, 4.69) is 4.98 Å². The van der Waals surface area contributed by atoms with Gasteiger partial charge in [0.25, 0.3) is 5.91 Å². The van der Waals surface area contributed by atoms with E-state index in [1.54, 1.807) is 30.7 Å². The van der Waals surface area contributed by atoms with Gasteiger partial charge in [-0.3, -0.25) is 4.79 Å². The summed E-state index contributed by atoms with van der Waals surface area (Å²) in [5.74, 6) is -0.601. The fraction of sp³-hybridized carbons (Fsp3) is 0.375. The Morgan fingerprint density at radius 3 is 2.70 bits per heavy atom. The van der Waals surface area contributed by atoms with E-state index in [0.29, 0.717) is 22.9 Å². The number of benzene rings is 1. The van der Waals surface area contributed by atoms with E-state index in [9.17, 15) is 9.90 Å². The van der Waals surface area contributed by atoms with Gasteiger partial charge in [0.05, 0.1) is 28.0 Å². The van der Waals surface area contributed by atoms with Crippen molar-refractivity contribution in [2.75, 3.05) is 0 Å². The molecule has 1 heterocycles. The number of hydrogen-bond acceptors (Lipinski definition) is 3. The molecule has 1 aromatic carbocycles. The molecule has 1 unspecified atom stereocenters. The van der Waals surface area contributed by atoms with Crippen molar-refractivity contribution < 1.29 is 9.90 Å². The first-order valence-corrected chi connectivity index (χ1v) is 7.94. The van der Waals surface area contributed by atoms with Gasteiger partial charge in [0.2, 0.25) is 0 Å². The van der Waals surface area contributed by atoms with Crippen molar-refractivity contribution in [2.24, 2.45) is 5.73 Å². The van der Waals surface area contributed by atoms with Crippen LogP contribution in [0.15, 0.2) is 30.7 Å². The van der Waals surface area contributed by atoms with Crippen molar-refractivity contribution in [1.82, 2.24) is 9.55 Å². The van der Waals surface area contributed by atoms with Crippen LogP contribution in [0.4, 0.5) is 0 Å². The molecule has 0 bridgehead atoms. The fourth-order valence-corrected chi connectivity index (χ4v) is 2.95. The monoisotopic (exact) mass is 355 g/mol. The van der Waals surface area contributed by atoms with Crippen LogP contribution in [0, 0.1) is 0 Å². The minimum absolute atomic E-state index is 0.167. The lowest BCUT2D eigenvalue weighted by Crippen LogP contribution is -2.33. The first-order valence-electron chi connectivity index (χ1n) is 7.18. The lowest BCUT2D eigenvalue weighted by molar-refractivity contribution is 0.0194. The number of aromatic nitrogens is 2. The number of nitrogens with two attached hydrogens (primary N) is 1. The molecule has 0 aliphatic heterocycles. The normalized spacial score (nSPS) is 13.1. The lowest BCUT2D eigenvalue weighted by atomic mass is 9.92. The first kappa shape index (κ1) is 17.8. The van der Waals surface area contributed by atoms with Crippen molar-refractivity contribution in [1.29, 1.82) is 0 Å². The standard InChI is InChI=1S/C16H19Cl2N3O2/c1-16(2,23)13(21-8-12(15(19)22)20-9-21)7-6-10-4-3-5-11(17)14(10)18/h3-5,8-9,13,23H,6-7H2,1-2H3,(H2,19,22). The molecule has 0 aliphatic carbocycles. The number of aliphatic hydroxyl groups is 1. The van der Waals surface area contributed by atoms with Crippen LogP contribution in [0.2, 0.25) is 10.0 Å². The third-order valence-corrected chi connectivity index (χ3v) is 4.61. The van der Waals surface area contributed by atoms with Crippen LogP contribution in [0.25, 0.3) is 0 Å². The average Bonchev–Trinajstić information content (AvgIpc) is 2.92. The van der Waals surface area contributed by atoms with E-state index in [1.165, 1.54) is 6.33 Å². The molecule has 0 fully saturated rings. The first-order chi connectivity index (χ1) is 10.7. The van der Waals surface area contributed by atoms with Crippen LogP contribution >= 0.6 is 23.2 Å². The SMILES string of the molecule is CC(C)(O)C(CCc1cccc(Cl)c1Cl)n1cnc(C(N)=O)c1. The molecular weight excluding hydrogens is 337 g/mol. The van der Waals surface area contributed by atoms with E-state index in [1.807, 2.05) is 12.1 Å². The minimum atomic E-state index is -1.01. The summed E-state index contributed by atoms with van der Waals surface area (Å²) in [5.41, 5.74) is 5.29. The minimum Gasteiger partial charge on any atom is -0.388 e. The van der Waals surface area contributed by atoms with Crippen LogP contribution in [0.3, 0.4) is 0 Å². The van der Waals surface area contributed by atoms with Gasteiger partial charge in [-0.2, -0.15) is 0 Å². The van der Waals surface area contributed by atoms with Gasteiger partial charge in [-0.1, -0.05) is 35.3 Å². The van der Waals surface area contributed by atoms with Gasteiger partial charge in [-0.15, -0.1) is 0 Å². The molecule has 0 saturated heterocycles. The molecule has 1 atom stereocenters. The maximum atomic E-state index is 11.2. The predicted molar refractivity (Wildman–Crippen MR) is 90.9 cm³/mol. The molecule has 7 heteroatoms. The quantitative estimate of drug-likeness (QED) is 0.834. The molecule has 2 aromatic rings. The van der Waals surface area contributed by atoms with Crippen molar-refractivity contribution >= 4 is 29.1 Å². The second kappa shape index (κ2) is 6.91. The van der Waals surface area contributed by atoms with Crippen molar-refractivity contribution in [2.45, 2.75) is 38.3 Å². The summed E-state index contributed by atoms with van der Waals surface area (Å²) in [6.45, 7) is 3.42. The number of primary amides is 1. The van der Waals surface area contributed by atoms with Gasteiger partial charge >= 0.3 is 0 Å². The smallest absolute Gasteiger partial charge is 0.268 e. The highest BCUT2D eigenvalue weighted by atomic mass is 35.5. The highest BCUT2D eigenvalue weighted by Crippen LogP contribution is 2.31. The Balaban J connectivity index is 2.22. The molecule has 0 aliphatic rings. The summed E-state index contributed by atoms with van der Waals surface area (Å²) in [5, 5.41) is 11.5. The molecule has 1 aromatic heterocycles. The Morgan fingerprint density at radius 1 is 1.43 bits per heavy atom. The van der Waals surface area contributed by atoms with Crippen LogP contribution in [0.5, 0.6) is 0 Å². The summed E-state index contributed by atoms with van der Waals surface area (Å²) in [6, 6.07) is 5.18. The second-order valence-electron chi connectivity index (χ2n) is 5.99. The van der Waals surface area contributed by atoms with E-state index < -0.39 is 11.5 Å². The number of halogens is 2. The van der Waals surface area contributed by atoms with Gasteiger partial charge in [0, 0.05) is 6.20 Å². The Kier molecular flexibility index (Phi) is 5.34. The van der Waals surface area contributed by atoms with Crippen LogP contribution in [-0.4, -0.2) is 26.2 Å². The van der Waals surface area contributed by atoms with Crippen LogP contribution < -0.4 is 5.73 Å². The predicted octanol–water partition coefficient (Wildman–Crippen LogP) is 3.23. The van der Waals surface area contributed by atoms with Gasteiger partial charge < -0.3 is 15.4 Å². The van der Waals surface area contributed by atoms with Gasteiger partial charge in [-0.05, 0) is 38.3 Å². The number of amides is 1. The number of carbonyl (C=O) groups excluding carboxylic acids is 1. The van der Waals surface area contributed by atoms with Gasteiger partial charge in [0.1, 0.15) is 5.69 Å². The molecular formula is C16H19Cl2N3O2. The van der Waals surface area contributed by atoms with Crippen molar-refractivity contribution in [3.63, 3.8) is 0 Å². The number of nitrogens with zero attached hydrogens (tertiary/aromatic N) is 2. The Morgan fingerprint density at radius 2 is 2.13 bits per heavy atom. The summed E-state index contributed by atoms with van der Waals surface area (Å²) in [6.07, 6.45) is 4.27. The van der Waals surface area contributed by atoms with E-state index in [-0.39, 0.29) is 11.7 Å². The topological polar surface area (TPSA) is 81.1 Å². The third kappa shape index (κ3) is 4.25. The van der Waals surface area contributed by atoms with E-state index in [4.69, 9.17) is 28.9 Å². The Labute approximate surface area is 145 Å². The molecule has 3 N–H and O–H groups in total. The van der Waals surface area contributed by atoms with Crippen LogP contribution in [-0.2, 0) is 6.42 Å². The van der Waals surface area contributed by atoms with E-state index in [0.717, 1.165) is 5.56 Å². The third-order valence-electron chi connectivity index (χ3n) is 3.75. The van der Waals surface area contributed by atoms with Gasteiger partial charge in [0.15, 0.2) is 0 Å². The molecule has 2 rings (SSSR count). The number of aryl methyl sites for hydroxylation is 1.